The van der Waals surface area contributed by atoms with Crippen LogP contribution in [0.3, 0.4) is 0 Å². The van der Waals surface area contributed by atoms with Crippen molar-refractivity contribution in [2.75, 3.05) is 6.26 Å². The van der Waals surface area contributed by atoms with Crippen LogP contribution in [0.4, 0.5) is 0 Å². The Bertz CT molecular complexity index is 672. The van der Waals surface area contributed by atoms with Crippen LogP contribution < -0.4 is 0 Å². The van der Waals surface area contributed by atoms with Crippen molar-refractivity contribution in [1.82, 2.24) is 0 Å². The van der Waals surface area contributed by atoms with E-state index in [1.165, 1.54) is 23.3 Å². The number of hydrogen-bond donors (Lipinski definition) is 1. The van der Waals surface area contributed by atoms with Gasteiger partial charge in [0, 0.05) is 16.0 Å². The average molecular weight is 296 g/mol. The van der Waals surface area contributed by atoms with Crippen molar-refractivity contribution in [2.24, 2.45) is 0 Å². The Labute approximate surface area is 117 Å². The molecule has 0 fully saturated rings. The van der Waals surface area contributed by atoms with E-state index in [-0.39, 0.29) is 4.90 Å². The van der Waals surface area contributed by atoms with E-state index in [4.69, 9.17) is 0 Å². The molecule has 0 aliphatic carbocycles. The minimum Gasteiger partial charge on any atom is -0.383 e. The minimum atomic E-state index is -3.25. The third-order valence-corrected chi connectivity index (χ3v) is 5.29. The van der Waals surface area contributed by atoms with Crippen molar-refractivity contribution in [2.45, 2.75) is 24.3 Å². The molecule has 0 spiro atoms. The van der Waals surface area contributed by atoms with E-state index < -0.39 is 15.9 Å². The normalized spacial score (nSPS) is 13.4. The van der Waals surface area contributed by atoms with Gasteiger partial charge in [0.2, 0.25) is 0 Å². The van der Waals surface area contributed by atoms with Gasteiger partial charge in [-0.3, -0.25) is 0 Å². The lowest BCUT2D eigenvalue weighted by atomic mass is 10.1. The second kappa shape index (κ2) is 5.45. The topological polar surface area (TPSA) is 54.4 Å². The molecule has 1 heterocycles. The van der Waals surface area contributed by atoms with Crippen molar-refractivity contribution in [1.29, 1.82) is 0 Å². The van der Waals surface area contributed by atoms with E-state index >= 15 is 0 Å². The van der Waals surface area contributed by atoms with Crippen LogP contribution in [-0.4, -0.2) is 19.8 Å². The first-order valence-electron chi connectivity index (χ1n) is 5.98. The second-order valence-electron chi connectivity index (χ2n) is 4.40. The van der Waals surface area contributed by atoms with Crippen LogP contribution >= 0.6 is 11.3 Å². The monoisotopic (exact) mass is 296 g/mol. The highest BCUT2D eigenvalue weighted by molar-refractivity contribution is 7.90. The number of aliphatic hydroxyl groups excluding tert-OH is 1. The van der Waals surface area contributed by atoms with Crippen LogP contribution in [0.25, 0.3) is 0 Å². The molecule has 5 heteroatoms. The predicted octanol–water partition coefficient (Wildman–Crippen LogP) is 2.80. The van der Waals surface area contributed by atoms with Gasteiger partial charge in [0.05, 0.1) is 4.90 Å². The molecule has 1 aromatic carbocycles. The van der Waals surface area contributed by atoms with Gasteiger partial charge < -0.3 is 5.11 Å². The summed E-state index contributed by atoms with van der Waals surface area (Å²) < 4.78 is 23.0. The van der Waals surface area contributed by atoms with E-state index in [0.29, 0.717) is 5.56 Å². The summed E-state index contributed by atoms with van der Waals surface area (Å²) in [4.78, 5) is 2.27. The fraction of sp³-hybridized carbons (Fsp3) is 0.286. The Morgan fingerprint density at radius 1 is 1.26 bits per heavy atom. The van der Waals surface area contributed by atoms with Gasteiger partial charge in [-0.2, -0.15) is 0 Å². The van der Waals surface area contributed by atoms with Crippen molar-refractivity contribution in [3.8, 4) is 0 Å². The quantitative estimate of drug-likeness (QED) is 0.944. The third-order valence-electron chi connectivity index (χ3n) is 2.90. The number of aryl methyl sites for hydroxylation is 1. The summed E-state index contributed by atoms with van der Waals surface area (Å²) in [5.41, 5.74) is 0.604. The zero-order valence-electron chi connectivity index (χ0n) is 10.8. The molecule has 0 saturated carbocycles. The van der Waals surface area contributed by atoms with Gasteiger partial charge in [-0.15, -0.1) is 11.3 Å². The van der Waals surface area contributed by atoms with Crippen LogP contribution in [0, 0.1) is 0 Å². The van der Waals surface area contributed by atoms with E-state index in [1.54, 1.807) is 23.5 Å². The lowest BCUT2D eigenvalue weighted by Crippen LogP contribution is -2.01. The molecule has 1 atom stereocenters. The highest BCUT2D eigenvalue weighted by atomic mass is 32.2. The van der Waals surface area contributed by atoms with E-state index in [9.17, 15) is 13.5 Å². The number of thiophene rings is 1. The maximum Gasteiger partial charge on any atom is 0.175 e. The molecule has 102 valence electrons. The van der Waals surface area contributed by atoms with Crippen LogP contribution in [0.1, 0.15) is 28.3 Å². The first kappa shape index (κ1) is 14.2. The van der Waals surface area contributed by atoms with Crippen molar-refractivity contribution >= 4 is 21.2 Å². The Hall–Kier alpha value is -1.17. The molecular formula is C14H16O3S2. The van der Waals surface area contributed by atoms with Gasteiger partial charge in [-0.1, -0.05) is 19.1 Å². The van der Waals surface area contributed by atoms with E-state index in [0.717, 1.165) is 11.3 Å². The Morgan fingerprint density at radius 3 is 2.58 bits per heavy atom. The van der Waals surface area contributed by atoms with E-state index in [2.05, 4.69) is 6.92 Å². The van der Waals surface area contributed by atoms with Crippen LogP contribution in [0.15, 0.2) is 41.3 Å². The number of aliphatic hydroxyl groups is 1. The zero-order valence-corrected chi connectivity index (χ0v) is 12.5. The standard InChI is InChI=1S/C14H16O3S2/c1-3-11-7-8-13(18-11)14(15)10-5-4-6-12(9-10)19(2,16)17/h4-9,14-15H,3H2,1-2H3. The van der Waals surface area contributed by atoms with Gasteiger partial charge in [0.1, 0.15) is 6.10 Å². The smallest absolute Gasteiger partial charge is 0.175 e. The summed E-state index contributed by atoms with van der Waals surface area (Å²) in [7, 11) is -3.25. The van der Waals surface area contributed by atoms with Crippen LogP contribution in [0.2, 0.25) is 0 Å². The Balaban J connectivity index is 2.36. The molecule has 0 aliphatic rings. The maximum absolute atomic E-state index is 11.5. The molecule has 0 saturated heterocycles. The molecule has 3 nitrogen and oxygen atoms in total. The summed E-state index contributed by atoms with van der Waals surface area (Å²) in [6.07, 6.45) is 1.33. The van der Waals surface area contributed by atoms with Crippen molar-refractivity contribution < 1.29 is 13.5 Å². The molecule has 1 aromatic heterocycles. The fourth-order valence-electron chi connectivity index (χ4n) is 1.81. The van der Waals surface area contributed by atoms with Crippen molar-refractivity contribution in [3.63, 3.8) is 0 Å². The Kier molecular flexibility index (Phi) is 4.08. The molecule has 0 amide bonds. The highest BCUT2D eigenvalue weighted by Crippen LogP contribution is 2.29. The molecular weight excluding hydrogens is 280 g/mol. The number of sulfone groups is 1. The molecule has 0 bridgehead atoms. The SMILES string of the molecule is CCc1ccc(C(O)c2cccc(S(C)(=O)=O)c2)s1. The van der Waals surface area contributed by atoms with Gasteiger partial charge in [0.25, 0.3) is 0 Å². The highest BCUT2D eigenvalue weighted by Gasteiger charge is 2.15. The van der Waals surface area contributed by atoms with Gasteiger partial charge in [0.15, 0.2) is 9.84 Å². The lowest BCUT2D eigenvalue weighted by Gasteiger charge is -2.10. The minimum absolute atomic E-state index is 0.233. The fourth-order valence-corrected chi connectivity index (χ4v) is 3.45. The number of rotatable bonds is 4. The second-order valence-corrected chi connectivity index (χ2v) is 7.62. The first-order chi connectivity index (χ1) is 8.91. The van der Waals surface area contributed by atoms with Gasteiger partial charge in [-0.25, -0.2) is 8.42 Å². The van der Waals surface area contributed by atoms with Crippen LogP contribution in [0.5, 0.6) is 0 Å². The zero-order chi connectivity index (χ0) is 14.0. The maximum atomic E-state index is 11.5. The third kappa shape index (κ3) is 3.23. The first-order valence-corrected chi connectivity index (χ1v) is 8.69. The molecule has 0 radical (unpaired) electrons. The van der Waals surface area contributed by atoms with E-state index in [1.807, 2.05) is 12.1 Å². The summed E-state index contributed by atoms with van der Waals surface area (Å²) in [5, 5.41) is 10.3. The summed E-state index contributed by atoms with van der Waals surface area (Å²) in [6, 6.07) is 10.3. The molecule has 2 aromatic rings. The summed E-state index contributed by atoms with van der Waals surface area (Å²) in [5.74, 6) is 0. The molecule has 0 aliphatic heterocycles. The molecule has 1 N–H and O–H groups in total. The number of benzene rings is 1. The largest absolute Gasteiger partial charge is 0.383 e. The van der Waals surface area contributed by atoms with Gasteiger partial charge >= 0.3 is 0 Å². The molecule has 2 rings (SSSR count). The summed E-state index contributed by atoms with van der Waals surface area (Å²) >= 11 is 1.55. The van der Waals surface area contributed by atoms with Gasteiger partial charge in [-0.05, 0) is 36.2 Å². The summed E-state index contributed by atoms with van der Waals surface area (Å²) in [6.45, 7) is 2.06. The molecule has 19 heavy (non-hydrogen) atoms. The van der Waals surface area contributed by atoms with Crippen LogP contribution in [-0.2, 0) is 16.3 Å². The average Bonchev–Trinajstić information content (AvgIpc) is 2.86. The lowest BCUT2D eigenvalue weighted by molar-refractivity contribution is 0.224. The van der Waals surface area contributed by atoms with Crippen molar-refractivity contribution in [3.05, 3.63) is 51.7 Å². The predicted molar refractivity (Wildman–Crippen MR) is 77.3 cm³/mol. The molecule has 1 unspecified atom stereocenters. The number of hydrogen-bond acceptors (Lipinski definition) is 4. The Morgan fingerprint density at radius 2 is 2.00 bits per heavy atom.